The number of amides is 1. The van der Waals surface area contributed by atoms with Gasteiger partial charge >= 0.3 is 0 Å². The van der Waals surface area contributed by atoms with E-state index in [1.54, 1.807) is 11.8 Å². The molecule has 1 aliphatic rings. The van der Waals surface area contributed by atoms with Gasteiger partial charge in [-0.1, -0.05) is 32.9 Å². The van der Waals surface area contributed by atoms with Crippen LogP contribution >= 0.6 is 0 Å². The minimum absolute atomic E-state index is 0.0902. The van der Waals surface area contributed by atoms with Crippen LogP contribution in [-0.2, 0) is 4.79 Å². The van der Waals surface area contributed by atoms with Gasteiger partial charge in [-0.25, -0.2) is 0 Å². The topological polar surface area (TPSA) is 20.3 Å². The highest BCUT2D eigenvalue weighted by Crippen LogP contribution is 2.27. The summed E-state index contributed by atoms with van der Waals surface area (Å²) in [5.74, 6) is 0.0977. The Morgan fingerprint density at radius 1 is 1.31 bits per heavy atom. The van der Waals surface area contributed by atoms with Crippen LogP contribution in [0.15, 0.2) is 24.4 Å². The number of carbonyl (C=O) groups excluding carboxylic acids is 1. The van der Waals surface area contributed by atoms with Crippen molar-refractivity contribution in [1.82, 2.24) is 4.90 Å². The molecule has 0 N–H and O–H groups in total. The molecule has 1 heterocycles. The van der Waals surface area contributed by atoms with Gasteiger partial charge in [0.15, 0.2) is 0 Å². The molecule has 72 valence electrons. The number of allylic oxidation sites excluding steroid dienone is 2. The number of rotatable bonds is 0. The molecule has 1 unspecified atom stereocenters. The van der Waals surface area contributed by atoms with Crippen LogP contribution in [0.25, 0.3) is 0 Å². The van der Waals surface area contributed by atoms with E-state index in [9.17, 15) is 4.79 Å². The molecule has 2 nitrogen and oxygen atoms in total. The normalized spacial score (nSPS) is 22.2. The van der Waals surface area contributed by atoms with E-state index >= 15 is 0 Å². The van der Waals surface area contributed by atoms with Crippen molar-refractivity contribution < 1.29 is 4.79 Å². The summed E-state index contributed by atoms with van der Waals surface area (Å²) in [5.41, 5.74) is 0.0902. The van der Waals surface area contributed by atoms with Gasteiger partial charge in [-0.2, -0.15) is 0 Å². The molecule has 0 saturated carbocycles. The van der Waals surface area contributed by atoms with Crippen molar-refractivity contribution in [2.75, 3.05) is 0 Å². The molecule has 13 heavy (non-hydrogen) atoms. The highest BCUT2D eigenvalue weighted by Gasteiger charge is 2.29. The smallest absolute Gasteiger partial charge is 0.223 e. The molecule has 0 aromatic carbocycles. The van der Waals surface area contributed by atoms with Crippen LogP contribution in [-0.4, -0.2) is 16.8 Å². The van der Waals surface area contributed by atoms with Crippen LogP contribution in [0.5, 0.6) is 0 Å². The zero-order valence-corrected chi connectivity index (χ0v) is 8.74. The monoisotopic (exact) mass is 179 g/mol. The molecule has 1 atom stereocenters. The Bertz CT molecular complexity index is 258. The Balaban J connectivity index is 2.89. The summed E-state index contributed by atoms with van der Waals surface area (Å²) < 4.78 is 0. The molecule has 0 aromatic rings. The summed E-state index contributed by atoms with van der Waals surface area (Å²) in [6.07, 6.45) is 7.80. The van der Waals surface area contributed by atoms with Crippen molar-refractivity contribution in [3.8, 4) is 0 Å². The first-order chi connectivity index (χ1) is 5.93. The molecule has 1 amide bonds. The van der Waals surface area contributed by atoms with E-state index in [1.165, 1.54) is 0 Å². The zero-order valence-electron chi connectivity index (χ0n) is 8.74. The third kappa shape index (κ3) is 2.20. The fourth-order valence-corrected chi connectivity index (χ4v) is 1.50. The van der Waals surface area contributed by atoms with Crippen molar-refractivity contribution in [1.29, 1.82) is 0 Å². The zero-order chi connectivity index (χ0) is 10.1. The maximum Gasteiger partial charge on any atom is 0.223 e. The second-order valence-electron chi connectivity index (χ2n) is 4.46. The van der Waals surface area contributed by atoms with E-state index in [2.05, 4.69) is 26.8 Å². The van der Waals surface area contributed by atoms with Crippen molar-refractivity contribution >= 4 is 5.91 Å². The fraction of sp³-hybridized carbons (Fsp3) is 0.545. The van der Waals surface area contributed by atoms with Crippen LogP contribution in [0.2, 0.25) is 0 Å². The Hall–Kier alpha value is -1.05. The molecule has 0 saturated heterocycles. The van der Waals surface area contributed by atoms with E-state index in [0.29, 0.717) is 0 Å². The molecule has 0 fully saturated rings. The van der Waals surface area contributed by atoms with E-state index < -0.39 is 0 Å². The van der Waals surface area contributed by atoms with E-state index in [1.807, 2.05) is 18.4 Å². The molecule has 0 bridgehead atoms. The van der Waals surface area contributed by atoms with Gasteiger partial charge in [0, 0.05) is 13.1 Å². The average Bonchev–Trinajstić information content (AvgIpc) is 2.03. The van der Waals surface area contributed by atoms with Gasteiger partial charge in [0.1, 0.15) is 0 Å². The van der Waals surface area contributed by atoms with Crippen molar-refractivity contribution in [2.24, 2.45) is 5.41 Å². The van der Waals surface area contributed by atoms with Gasteiger partial charge < -0.3 is 4.90 Å². The largest absolute Gasteiger partial charge is 0.312 e. The Morgan fingerprint density at radius 2 is 1.92 bits per heavy atom. The summed E-state index contributed by atoms with van der Waals surface area (Å²) in [4.78, 5) is 13.1. The van der Waals surface area contributed by atoms with Crippen LogP contribution < -0.4 is 0 Å². The van der Waals surface area contributed by atoms with Gasteiger partial charge in [0.2, 0.25) is 5.91 Å². The first kappa shape index (κ1) is 10.0. The van der Waals surface area contributed by atoms with Gasteiger partial charge in [-0.15, -0.1) is 0 Å². The molecule has 1 aliphatic heterocycles. The minimum Gasteiger partial charge on any atom is -0.312 e. The quantitative estimate of drug-likeness (QED) is 0.559. The van der Waals surface area contributed by atoms with Gasteiger partial charge in [-0.05, 0) is 11.5 Å². The van der Waals surface area contributed by atoms with E-state index in [0.717, 1.165) is 0 Å². The molecular weight excluding hydrogens is 162 g/mol. The van der Waals surface area contributed by atoms with Crippen molar-refractivity contribution in [2.45, 2.75) is 33.7 Å². The molecule has 0 radical (unpaired) electrons. The summed E-state index contributed by atoms with van der Waals surface area (Å²) in [7, 11) is 0. The third-order valence-corrected chi connectivity index (χ3v) is 2.20. The number of nitrogens with zero attached hydrogens (tertiary/aromatic N) is 1. The van der Waals surface area contributed by atoms with Gasteiger partial charge in [0.05, 0.1) is 6.04 Å². The predicted molar refractivity (Wildman–Crippen MR) is 54.0 cm³/mol. The van der Waals surface area contributed by atoms with Gasteiger partial charge in [0.25, 0.3) is 0 Å². The SMILES string of the molecule is CC(=O)N1C=CC=CC1C(C)(C)C. The van der Waals surface area contributed by atoms with Crippen LogP contribution in [0.4, 0.5) is 0 Å². The lowest BCUT2D eigenvalue weighted by Crippen LogP contribution is -2.42. The van der Waals surface area contributed by atoms with E-state index in [-0.39, 0.29) is 17.4 Å². The lowest BCUT2D eigenvalue weighted by atomic mass is 9.84. The van der Waals surface area contributed by atoms with Crippen LogP contribution in [0, 0.1) is 5.41 Å². The second kappa shape index (κ2) is 3.36. The molecule has 2 heteroatoms. The summed E-state index contributed by atoms with van der Waals surface area (Å²) in [6.45, 7) is 8.01. The molecular formula is C11H17NO. The third-order valence-electron chi connectivity index (χ3n) is 2.20. The number of carbonyl (C=O) groups is 1. The van der Waals surface area contributed by atoms with Crippen molar-refractivity contribution in [3.05, 3.63) is 24.4 Å². The maximum atomic E-state index is 11.3. The average molecular weight is 179 g/mol. The van der Waals surface area contributed by atoms with Gasteiger partial charge in [-0.3, -0.25) is 4.79 Å². The van der Waals surface area contributed by atoms with Crippen molar-refractivity contribution in [3.63, 3.8) is 0 Å². The highest BCUT2D eigenvalue weighted by molar-refractivity contribution is 5.75. The lowest BCUT2D eigenvalue weighted by Gasteiger charge is -2.37. The summed E-state index contributed by atoms with van der Waals surface area (Å²) in [5, 5.41) is 0. The predicted octanol–water partition coefficient (Wildman–Crippen LogP) is 2.33. The molecule has 1 rings (SSSR count). The number of hydrogen-bond acceptors (Lipinski definition) is 1. The summed E-state index contributed by atoms with van der Waals surface area (Å²) in [6, 6.07) is 0.176. The fourth-order valence-electron chi connectivity index (χ4n) is 1.50. The standard InChI is InChI=1S/C11H17NO/c1-9(13)12-8-6-5-7-10(12)11(2,3)4/h5-8,10H,1-4H3. The molecule has 0 aliphatic carbocycles. The van der Waals surface area contributed by atoms with Crippen LogP contribution in [0.3, 0.4) is 0 Å². The minimum atomic E-state index is 0.0902. The summed E-state index contributed by atoms with van der Waals surface area (Å²) >= 11 is 0. The van der Waals surface area contributed by atoms with Crippen LogP contribution in [0.1, 0.15) is 27.7 Å². The number of hydrogen-bond donors (Lipinski definition) is 0. The Kier molecular flexibility index (Phi) is 2.60. The second-order valence-corrected chi connectivity index (χ2v) is 4.46. The lowest BCUT2D eigenvalue weighted by molar-refractivity contribution is -0.129. The maximum absolute atomic E-state index is 11.3. The Labute approximate surface area is 79.9 Å². The Morgan fingerprint density at radius 3 is 2.31 bits per heavy atom. The highest BCUT2D eigenvalue weighted by atomic mass is 16.2. The molecule has 0 spiro atoms. The molecule has 0 aromatic heterocycles. The van der Waals surface area contributed by atoms with E-state index in [4.69, 9.17) is 0 Å². The first-order valence-electron chi connectivity index (χ1n) is 4.57. The first-order valence-corrected chi connectivity index (χ1v) is 4.57.